The van der Waals surface area contributed by atoms with Gasteiger partial charge in [-0.05, 0) is 49.8 Å². The summed E-state index contributed by atoms with van der Waals surface area (Å²) in [5.74, 6) is 0.245. The first-order valence-corrected chi connectivity index (χ1v) is 6.66. The predicted octanol–water partition coefficient (Wildman–Crippen LogP) is 2.54. The number of aryl methyl sites for hydroxylation is 1. The van der Waals surface area contributed by atoms with E-state index < -0.39 is 0 Å². The first kappa shape index (κ1) is 13.4. The van der Waals surface area contributed by atoms with Crippen molar-refractivity contribution in [3.8, 4) is 0 Å². The standard InChI is InChI=1S/C14H18ClNO2/c1-9-2-5-12(13(15)6-9)14(18)16-8-10-3-4-11(17)7-10/h2,5-6,10-11,17H,3-4,7-8H2,1H3,(H,16,18). The molecule has 1 aliphatic carbocycles. The number of aliphatic hydroxyl groups excluding tert-OH is 1. The number of hydrogen-bond donors (Lipinski definition) is 2. The number of amides is 1. The van der Waals surface area contributed by atoms with Gasteiger partial charge in [-0.2, -0.15) is 0 Å². The molecular weight excluding hydrogens is 250 g/mol. The van der Waals surface area contributed by atoms with E-state index in [1.54, 1.807) is 12.1 Å². The second-order valence-corrected chi connectivity index (χ2v) is 5.43. The van der Waals surface area contributed by atoms with E-state index in [0.717, 1.165) is 24.8 Å². The van der Waals surface area contributed by atoms with Crippen LogP contribution in [-0.4, -0.2) is 23.7 Å². The fourth-order valence-corrected chi connectivity index (χ4v) is 2.69. The Hall–Kier alpha value is -1.06. The summed E-state index contributed by atoms with van der Waals surface area (Å²) in [7, 11) is 0. The van der Waals surface area contributed by atoms with E-state index in [9.17, 15) is 9.90 Å². The molecule has 3 nitrogen and oxygen atoms in total. The van der Waals surface area contributed by atoms with Gasteiger partial charge in [0.1, 0.15) is 0 Å². The maximum Gasteiger partial charge on any atom is 0.252 e. The molecule has 0 spiro atoms. The lowest BCUT2D eigenvalue weighted by atomic mass is 10.1. The molecule has 1 amide bonds. The van der Waals surface area contributed by atoms with Crippen molar-refractivity contribution >= 4 is 17.5 Å². The first-order chi connectivity index (χ1) is 8.56. The van der Waals surface area contributed by atoms with Crippen LogP contribution in [0.5, 0.6) is 0 Å². The number of benzene rings is 1. The molecule has 1 aromatic rings. The minimum Gasteiger partial charge on any atom is -0.393 e. The zero-order valence-electron chi connectivity index (χ0n) is 10.4. The number of carbonyl (C=O) groups is 1. The third kappa shape index (κ3) is 3.24. The molecular formula is C14H18ClNO2. The minimum absolute atomic E-state index is 0.138. The lowest BCUT2D eigenvalue weighted by Crippen LogP contribution is -2.28. The van der Waals surface area contributed by atoms with E-state index in [2.05, 4.69) is 5.32 Å². The van der Waals surface area contributed by atoms with Crippen molar-refractivity contribution in [1.82, 2.24) is 5.32 Å². The van der Waals surface area contributed by atoms with Gasteiger partial charge < -0.3 is 10.4 Å². The van der Waals surface area contributed by atoms with Crippen molar-refractivity contribution in [2.24, 2.45) is 5.92 Å². The number of rotatable bonds is 3. The van der Waals surface area contributed by atoms with Crippen molar-refractivity contribution in [3.63, 3.8) is 0 Å². The van der Waals surface area contributed by atoms with Crippen LogP contribution in [-0.2, 0) is 0 Å². The SMILES string of the molecule is Cc1ccc(C(=O)NCC2CCC(O)C2)c(Cl)c1. The van der Waals surface area contributed by atoms with Crippen LogP contribution in [0.25, 0.3) is 0 Å². The minimum atomic E-state index is -0.199. The topological polar surface area (TPSA) is 49.3 Å². The molecule has 98 valence electrons. The molecule has 0 aliphatic heterocycles. The summed E-state index contributed by atoms with van der Waals surface area (Å²) in [4.78, 5) is 12.0. The Labute approximate surface area is 112 Å². The zero-order chi connectivity index (χ0) is 13.1. The number of aliphatic hydroxyl groups is 1. The van der Waals surface area contributed by atoms with Crippen LogP contribution in [0.2, 0.25) is 5.02 Å². The predicted molar refractivity (Wildman–Crippen MR) is 71.9 cm³/mol. The van der Waals surface area contributed by atoms with Gasteiger partial charge in [-0.1, -0.05) is 17.7 Å². The molecule has 2 atom stereocenters. The number of nitrogens with one attached hydrogen (secondary N) is 1. The molecule has 2 N–H and O–H groups in total. The summed E-state index contributed by atoms with van der Waals surface area (Å²) >= 11 is 6.04. The molecule has 1 fully saturated rings. The van der Waals surface area contributed by atoms with Gasteiger partial charge in [-0.25, -0.2) is 0 Å². The number of carbonyl (C=O) groups excluding carboxylic acids is 1. The molecule has 0 aromatic heterocycles. The molecule has 4 heteroatoms. The van der Waals surface area contributed by atoms with Gasteiger partial charge in [0.05, 0.1) is 16.7 Å². The van der Waals surface area contributed by atoms with Gasteiger partial charge in [-0.3, -0.25) is 4.79 Å². The van der Waals surface area contributed by atoms with Gasteiger partial charge in [0.2, 0.25) is 0 Å². The van der Waals surface area contributed by atoms with Crippen LogP contribution in [0.15, 0.2) is 18.2 Å². The van der Waals surface area contributed by atoms with Gasteiger partial charge in [0.25, 0.3) is 5.91 Å². The normalized spacial score (nSPS) is 23.1. The molecule has 1 aromatic carbocycles. The third-order valence-corrected chi connectivity index (χ3v) is 3.75. The molecule has 0 heterocycles. The smallest absolute Gasteiger partial charge is 0.252 e. The second-order valence-electron chi connectivity index (χ2n) is 5.03. The monoisotopic (exact) mass is 267 g/mol. The molecule has 1 aliphatic rings. The first-order valence-electron chi connectivity index (χ1n) is 6.28. The van der Waals surface area contributed by atoms with Crippen LogP contribution in [0.3, 0.4) is 0 Å². The van der Waals surface area contributed by atoms with Crippen LogP contribution < -0.4 is 5.32 Å². The summed E-state index contributed by atoms with van der Waals surface area (Å²) in [6, 6.07) is 5.41. The van der Waals surface area contributed by atoms with E-state index in [1.165, 1.54) is 0 Å². The number of hydrogen-bond acceptors (Lipinski definition) is 2. The highest BCUT2D eigenvalue weighted by atomic mass is 35.5. The van der Waals surface area contributed by atoms with Crippen LogP contribution >= 0.6 is 11.6 Å². The van der Waals surface area contributed by atoms with Gasteiger partial charge >= 0.3 is 0 Å². The van der Waals surface area contributed by atoms with Crippen LogP contribution in [0.4, 0.5) is 0 Å². The van der Waals surface area contributed by atoms with Crippen molar-refractivity contribution < 1.29 is 9.90 Å². The Morgan fingerprint density at radius 2 is 2.28 bits per heavy atom. The van der Waals surface area contributed by atoms with Crippen molar-refractivity contribution in [3.05, 3.63) is 34.3 Å². The zero-order valence-corrected chi connectivity index (χ0v) is 11.2. The van der Waals surface area contributed by atoms with E-state index in [0.29, 0.717) is 23.0 Å². The average Bonchev–Trinajstić information content (AvgIpc) is 2.72. The summed E-state index contributed by atoms with van der Waals surface area (Å²) in [5, 5.41) is 12.8. The molecule has 0 radical (unpaired) electrons. The lowest BCUT2D eigenvalue weighted by Gasteiger charge is -2.11. The molecule has 1 saturated carbocycles. The van der Waals surface area contributed by atoms with E-state index in [1.807, 2.05) is 13.0 Å². The van der Waals surface area contributed by atoms with Gasteiger partial charge in [0.15, 0.2) is 0 Å². The Kier molecular flexibility index (Phi) is 4.25. The van der Waals surface area contributed by atoms with Gasteiger partial charge in [0, 0.05) is 6.54 Å². The van der Waals surface area contributed by atoms with E-state index in [-0.39, 0.29) is 12.0 Å². The Morgan fingerprint density at radius 1 is 1.50 bits per heavy atom. The van der Waals surface area contributed by atoms with Gasteiger partial charge in [-0.15, -0.1) is 0 Å². The quantitative estimate of drug-likeness (QED) is 0.884. The fraction of sp³-hybridized carbons (Fsp3) is 0.500. The molecule has 18 heavy (non-hydrogen) atoms. The van der Waals surface area contributed by atoms with Crippen molar-refractivity contribution in [1.29, 1.82) is 0 Å². The maximum absolute atomic E-state index is 12.0. The third-order valence-electron chi connectivity index (χ3n) is 3.43. The maximum atomic E-state index is 12.0. The van der Waals surface area contributed by atoms with Crippen molar-refractivity contribution in [2.75, 3.05) is 6.54 Å². The highest BCUT2D eigenvalue weighted by molar-refractivity contribution is 6.33. The molecule has 0 saturated heterocycles. The Bertz CT molecular complexity index is 447. The molecule has 0 bridgehead atoms. The second kappa shape index (κ2) is 5.72. The largest absolute Gasteiger partial charge is 0.393 e. The van der Waals surface area contributed by atoms with Crippen molar-refractivity contribution in [2.45, 2.75) is 32.3 Å². The fourth-order valence-electron chi connectivity index (χ4n) is 2.37. The Morgan fingerprint density at radius 3 is 2.89 bits per heavy atom. The van der Waals surface area contributed by atoms with E-state index >= 15 is 0 Å². The number of halogens is 1. The summed E-state index contributed by atoms with van der Waals surface area (Å²) in [5.41, 5.74) is 1.55. The highest BCUT2D eigenvalue weighted by Crippen LogP contribution is 2.25. The lowest BCUT2D eigenvalue weighted by molar-refractivity contribution is 0.0945. The average molecular weight is 268 g/mol. The van der Waals surface area contributed by atoms with E-state index in [4.69, 9.17) is 11.6 Å². The Balaban J connectivity index is 1.91. The summed E-state index contributed by atoms with van der Waals surface area (Å²) < 4.78 is 0. The summed E-state index contributed by atoms with van der Waals surface area (Å²) in [6.07, 6.45) is 2.39. The molecule has 2 rings (SSSR count). The highest BCUT2D eigenvalue weighted by Gasteiger charge is 2.23. The van der Waals surface area contributed by atoms with Crippen LogP contribution in [0.1, 0.15) is 35.2 Å². The summed E-state index contributed by atoms with van der Waals surface area (Å²) in [6.45, 7) is 2.55. The molecule has 2 unspecified atom stereocenters. The van der Waals surface area contributed by atoms with Crippen LogP contribution in [0, 0.1) is 12.8 Å².